The number of carboxylic acid groups (broad SMARTS) is 1. The Labute approximate surface area is 156 Å². The van der Waals surface area contributed by atoms with Crippen molar-refractivity contribution in [2.45, 2.75) is 25.4 Å². The summed E-state index contributed by atoms with van der Waals surface area (Å²) in [5.74, 6) is -1.05. The summed E-state index contributed by atoms with van der Waals surface area (Å²) in [7, 11) is 1.58. The van der Waals surface area contributed by atoms with E-state index in [1.807, 2.05) is 31.2 Å². The largest absolute Gasteiger partial charge is 0.497 e. The second kappa shape index (κ2) is 9.56. The van der Waals surface area contributed by atoms with Crippen LogP contribution in [0.2, 0.25) is 0 Å². The lowest BCUT2D eigenvalue weighted by Crippen LogP contribution is -2.40. The average Bonchev–Trinajstić information content (AvgIpc) is 2.66. The van der Waals surface area contributed by atoms with Crippen LogP contribution in [0.5, 0.6) is 11.5 Å². The maximum Gasteiger partial charge on any atom is 0.346 e. The van der Waals surface area contributed by atoms with Crippen LogP contribution in [-0.2, 0) is 9.59 Å². The lowest BCUT2D eigenvalue weighted by Gasteiger charge is -2.17. The minimum absolute atomic E-state index is 0.0443. The van der Waals surface area contributed by atoms with Gasteiger partial charge in [-0.3, -0.25) is 4.79 Å². The van der Waals surface area contributed by atoms with Gasteiger partial charge in [0.05, 0.1) is 13.7 Å². The fourth-order valence-electron chi connectivity index (χ4n) is 2.46. The van der Waals surface area contributed by atoms with E-state index < -0.39 is 17.9 Å². The minimum atomic E-state index is -1.27. The first-order valence-electron chi connectivity index (χ1n) is 8.44. The van der Waals surface area contributed by atoms with Gasteiger partial charge in [-0.25, -0.2) is 9.18 Å². The van der Waals surface area contributed by atoms with E-state index in [2.05, 4.69) is 5.32 Å². The summed E-state index contributed by atoms with van der Waals surface area (Å²) in [5.41, 5.74) is 0.975. The van der Waals surface area contributed by atoms with E-state index in [9.17, 15) is 19.1 Å². The highest BCUT2D eigenvalue weighted by Gasteiger charge is 2.21. The number of nitrogens with one attached hydrogen (secondary N) is 1. The van der Waals surface area contributed by atoms with Gasteiger partial charge in [0.15, 0.2) is 0 Å². The van der Waals surface area contributed by atoms with Crippen LogP contribution in [0.1, 0.15) is 24.8 Å². The van der Waals surface area contributed by atoms with Crippen molar-refractivity contribution in [1.29, 1.82) is 0 Å². The number of hydrogen-bond donors (Lipinski definition) is 2. The molecule has 0 aromatic heterocycles. The summed E-state index contributed by atoms with van der Waals surface area (Å²) in [6.45, 7) is 1.71. The molecule has 0 radical (unpaired) electrons. The van der Waals surface area contributed by atoms with Crippen LogP contribution in [-0.4, -0.2) is 36.7 Å². The van der Waals surface area contributed by atoms with Gasteiger partial charge in [0.25, 0.3) is 0 Å². The fourth-order valence-corrected chi connectivity index (χ4v) is 2.46. The Hall–Kier alpha value is -3.09. The molecule has 0 saturated heterocycles. The highest BCUT2D eigenvalue weighted by molar-refractivity contribution is 5.79. The number of ether oxygens (including phenoxy) is 2. The molecule has 6 nitrogen and oxygen atoms in total. The second-order valence-corrected chi connectivity index (χ2v) is 6.08. The number of halogens is 1. The molecule has 2 unspecified atom stereocenters. The number of carboxylic acids is 1. The van der Waals surface area contributed by atoms with E-state index in [0.29, 0.717) is 0 Å². The smallest absolute Gasteiger partial charge is 0.346 e. The van der Waals surface area contributed by atoms with Gasteiger partial charge >= 0.3 is 5.97 Å². The van der Waals surface area contributed by atoms with Crippen molar-refractivity contribution in [2.24, 2.45) is 0 Å². The van der Waals surface area contributed by atoms with E-state index >= 15 is 0 Å². The molecule has 2 N–H and O–H groups in total. The van der Waals surface area contributed by atoms with Crippen molar-refractivity contribution in [3.8, 4) is 11.5 Å². The summed E-state index contributed by atoms with van der Waals surface area (Å²) < 4.78 is 23.3. The molecule has 7 heteroatoms. The molecule has 2 rings (SSSR count). The zero-order valence-electron chi connectivity index (χ0n) is 15.1. The van der Waals surface area contributed by atoms with Crippen LogP contribution in [0.25, 0.3) is 0 Å². The van der Waals surface area contributed by atoms with Gasteiger partial charge in [-0.15, -0.1) is 0 Å². The van der Waals surface area contributed by atoms with E-state index in [-0.39, 0.29) is 30.5 Å². The van der Waals surface area contributed by atoms with E-state index in [1.165, 1.54) is 24.3 Å². The molecule has 27 heavy (non-hydrogen) atoms. The summed E-state index contributed by atoms with van der Waals surface area (Å²) in [6.07, 6.45) is -1.06. The van der Waals surface area contributed by atoms with Crippen molar-refractivity contribution in [3.05, 3.63) is 59.9 Å². The third kappa shape index (κ3) is 6.29. The van der Waals surface area contributed by atoms with Gasteiger partial charge < -0.3 is 19.9 Å². The van der Waals surface area contributed by atoms with Crippen LogP contribution in [0.15, 0.2) is 48.5 Å². The van der Waals surface area contributed by atoms with Crippen molar-refractivity contribution in [1.82, 2.24) is 5.32 Å². The van der Waals surface area contributed by atoms with E-state index in [4.69, 9.17) is 9.47 Å². The lowest BCUT2D eigenvalue weighted by atomic mass is 9.97. The minimum Gasteiger partial charge on any atom is -0.497 e. The molecule has 0 fully saturated rings. The van der Waals surface area contributed by atoms with Crippen molar-refractivity contribution in [2.75, 3.05) is 13.7 Å². The molecule has 0 aliphatic rings. The van der Waals surface area contributed by atoms with E-state index in [0.717, 1.165) is 11.3 Å². The molecule has 0 spiro atoms. The van der Waals surface area contributed by atoms with E-state index in [1.54, 1.807) is 7.11 Å². The van der Waals surface area contributed by atoms with Crippen LogP contribution in [0, 0.1) is 5.82 Å². The molecule has 0 heterocycles. The van der Waals surface area contributed by atoms with Gasteiger partial charge in [-0.05, 0) is 47.9 Å². The summed E-state index contributed by atoms with van der Waals surface area (Å²) in [6, 6.07) is 12.4. The Kier molecular flexibility index (Phi) is 7.16. The van der Waals surface area contributed by atoms with Crippen LogP contribution < -0.4 is 14.8 Å². The first-order valence-corrected chi connectivity index (χ1v) is 8.44. The van der Waals surface area contributed by atoms with Gasteiger partial charge in [0.1, 0.15) is 17.3 Å². The van der Waals surface area contributed by atoms with Crippen molar-refractivity contribution >= 4 is 11.9 Å². The molecule has 2 aromatic rings. The van der Waals surface area contributed by atoms with Crippen LogP contribution in [0.4, 0.5) is 4.39 Å². The SMILES string of the molecule is COc1ccc(C(C)CC(=O)NCC(Oc2ccc(F)cc2)C(=O)O)cc1. The Bertz CT molecular complexity index is 761. The normalized spacial score (nSPS) is 12.7. The Morgan fingerprint density at radius 2 is 1.67 bits per heavy atom. The first-order chi connectivity index (χ1) is 12.9. The number of rotatable bonds is 9. The van der Waals surface area contributed by atoms with Gasteiger partial charge in [0, 0.05) is 6.42 Å². The molecule has 0 aliphatic heterocycles. The highest BCUT2D eigenvalue weighted by Crippen LogP contribution is 2.21. The molecular weight excluding hydrogens is 353 g/mol. The molecule has 2 atom stereocenters. The number of carbonyl (C=O) groups excluding carboxylic acids is 1. The molecule has 0 saturated carbocycles. The standard InChI is InChI=1S/C20H22FNO5/c1-13(14-3-7-16(26-2)8-4-14)11-19(23)22-12-18(20(24)25)27-17-9-5-15(21)6-10-17/h3-10,13,18H,11-12H2,1-2H3,(H,22,23)(H,24,25). The third-order valence-corrected chi connectivity index (χ3v) is 4.03. The quantitative estimate of drug-likeness (QED) is 0.704. The molecular formula is C20H22FNO5. The molecule has 0 bridgehead atoms. The molecule has 144 valence electrons. The summed E-state index contributed by atoms with van der Waals surface area (Å²) in [4.78, 5) is 23.5. The fraction of sp³-hybridized carbons (Fsp3) is 0.300. The Balaban J connectivity index is 1.87. The van der Waals surface area contributed by atoms with Gasteiger partial charge in [0.2, 0.25) is 12.0 Å². The molecule has 2 aromatic carbocycles. The zero-order chi connectivity index (χ0) is 19.8. The number of methoxy groups -OCH3 is 1. The van der Waals surface area contributed by atoms with Crippen LogP contribution in [0.3, 0.4) is 0 Å². The number of benzene rings is 2. The topological polar surface area (TPSA) is 84.9 Å². The van der Waals surface area contributed by atoms with Gasteiger partial charge in [-0.2, -0.15) is 0 Å². The maximum atomic E-state index is 12.9. The molecule has 0 aliphatic carbocycles. The first kappa shape index (κ1) is 20.2. The number of hydrogen-bond acceptors (Lipinski definition) is 4. The number of aliphatic carboxylic acids is 1. The lowest BCUT2D eigenvalue weighted by molar-refractivity contribution is -0.145. The third-order valence-electron chi connectivity index (χ3n) is 4.03. The van der Waals surface area contributed by atoms with Gasteiger partial charge in [-0.1, -0.05) is 19.1 Å². The Morgan fingerprint density at radius 3 is 2.22 bits per heavy atom. The number of amides is 1. The second-order valence-electron chi connectivity index (χ2n) is 6.08. The average molecular weight is 375 g/mol. The van der Waals surface area contributed by atoms with Crippen LogP contribution >= 0.6 is 0 Å². The number of carbonyl (C=O) groups is 2. The van der Waals surface area contributed by atoms with Crippen molar-refractivity contribution in [3.63, 3.8) is 0 Å². The van der Waals surface area contributed by atoms with Crippen molar-refractivity contribution < 1.29 is 28.6 Å². The maximum absolute atomic E-state index is 12.9. The highest BCUT2D eigenvalue weighted by atomic mass is 19.1. The zero-order valence-corrected chi connectivity index (χ0v) is 15.1. The monoisotopic (exact) mass is 375 g/mol. The summed E-state index contributed by atoms with van der Waals surface area (Å²) >= 11 is 0. The summed E-state index contributed by atoms with van der Waals surface area (Å²) in [5, 5.41) is 11.8. The Morgan fingerprint density at radius 1 is 1.07 bits per heavy atom. The molecule has 1 amide bonds. The predicted molar refractivity (Wildman–Crippen MR) is 97.5 cm³/mol. The predicted octanol–water partition coefficient (Wildman–Crippen LogP) is 2.98.